The highest BCUT2D eigenvalue weighted by molar-refractivity contribution is 7.22. The molecule has 0 atom stereocenters. The van der Waals surface area contributed by atoms with Crippen molar-refractivity contribution in [2.75, 3.05) is 5.32 Å². The van der Waals surface area contributed by atoms with Crippen LogP contribution in [0.5, 0.6) is 0 Å². The number of amides is 1. The molecule has 4 aromatic rings. The normalized spacial score (nSPS) is 10.9. The van der Waals surface area contributed by atoms with Crippen molar-refractivity contribution < 1.29 is 4.79 Å². The molecule has 0 aliphatic heterocycles. The summed E-state index contributed by atoms with van der Waals surface area (Å²) in [4.78, 5) is 29.0. The SMILES string of the molecule is Cc1ccc2nc(NC(=O)Cn3nc(-c4ccccc4C)ccc3=O)sc2c1. The van der Waals surface area contributed by atoms with E-state index in [1.54, 1.807) is 6.07 Å². The third kappa shape index (κ3) is 3.70. The molecule has 1 N–H and O–H groups in total. The molecular formula is C21H18N4O2S. The molecule has 6 nitrogen and oxygen atoms in total. The van der Waals surface area contributed by atoms with Crippen molar-refractivity contribution in [1.29, 1.82) is 0 Å². The van der Waals surface area contributed by atoms with Crippen molar-refractivity contribution in [3.63, 3.8) is 0 Å². The Morgan fingerprint density at radius 2 is 1.93 bits per heavy atom. The topological polar surface area (TPSA) is 76.9 Å². The summed E-state index contributed by atoms with van der Waals surface area (Å²) in [7, 11) is 0. The molecule has 0 aliphatic rings. The van der Waals surface area contributed by atoms with E-state index in [0.717, 1.165) is 26.9 Å². The van der Waals surface area contributed by atoms with E-state index >= 15 is 0 Å². The molecule has 28 heavy (non-hydrogen) atoms. The summed E-state index contributed by atoms with van der Waals surface area (Å²) >= 11 is 1.41. The molecule has 1 amide bonds. The quantitative estimate of drug-likeness (QED) is 0.575. The van der Waals surface area contributed by atoms with Gasteiger partial charge in [-0.3, -0.25) is 9.59 Å². The van der Waals surface area contributed by atoms with Crippen LogP contribution in [0.15, 0.2) is 59.4 Å². The summed E-state index contributed by atoms with van der Waals surface area (Å²) in [5, 5.41) is 7.64. The monoisotopic (exact) mass is 390 g/mol. The third-order valence-electron chi connectivity index (χ3n) is 4.37. The molecule has 0 unspecified atom stereocenters. The van der Waals surface area contributed by atoms with Gasteiger partial charge in [0.25, 0.3) is 5.56 Å². The van der Waals surface area contributed by atoms with Gasteiger partial charge in [0.15, 0.2) is 5.13 Å². The van der Waals surface area contributed by atoms with E-state index in [0.29, 0.717) is 10.8 Å². The van der Waals surface area contributed by atoms with Crippen molar-refractivity contribution in [2.24, 2.45) is 0 Å². The molecule has 140 valence electrons. The van der Waals surface area contributed by atoms with Gasteiger partial charge in [0.2, 0.25) is 5.91 Å². The van der Waals surface area contributed by atoms with Crippen LogP contribution < -0.4 is 10.9 Å². The second kappa shape index (κ2) is 7.36. The summed E-state index contributed by atoms with van der Waals surface area (Å²) in [6.45, 7) is 3.82. The van der Waals surface area contributed by atoms with E-state index in [9.17, 15) is 9.59 Å². The first kappa shape index (κ1) is 18.1. The van der Waals surface area contributed by atoms with E-state index in [1.165, 1.54) is 22.1 Å². The molecule has 2 heterocycles. The Hall–Kier alpha value is -3.32. The Morgan fingerprint density at radius 3 is 2.75 bits per heavy atom. The van der Waals surface area contributed by atoms with Crippen molar-refractivity contribution in [1.82, 2.24) is 14.8 Å². The zero-order valence-electron chi connectivity index (χ0n) is 15.5. The molecule has 0 radical (unpaired) electrons. The van der Waals surface area contributed by atoms with Gasteiger partial charge in [0.1, 0.15) is 6.54 Å². The van der Waals surface area contributed by atoms with Crippen LogP contribution in [0, 0.1) is 13.8 Å². The lowest BCUT2D eigenvalue weighted by Crippen LogP contribution is -2.29. The molecular weight excluding hydrogens is 372 g/mol. The molecule has 0 saturated carbocycles. The van der Waals surface area contributed by atoms with Gasteiger partial charge >= 0.3 is 0 Å². The predicted molar refractivity (Wildman–Crippen MR) is 112 cm³/mol. The number of carbonyl (C=O) groups is 1. The average Bonchev–Trinajstić information content (AvgIpc) is 3.05. The van der Waals surface area contributed by atoms with Gasteiger partial charge in [-0.05, 0) is 43.2 Å². The predicted octanol–water partition coefficient (Wildman–Crippen LogP) is 3.78. The number of aryl methyl sites for hydroxylation is 2. The number of hydrogen-bond donors (Lipinski definition) is 1. The number of benzene rings is 2. The van der Waals surface area contributed by atoms with Gasteiger partial charge in [0.05, 0.1) is 15.9 Å². The van der Waals surface area contributed by atoms with E-state index in [2.05, 4.69) is 15.4 Å². The van der Waals surface area contributed by atoms with Gasteiger partial charge in [-0.2, -0.15) is 5.10 Å². The third-order valence-corrected chi connectivity index (χ3v) is 5.30. The molecule has 4 rings (SSSR count). The summed E-state index contributed by atoms with van der Waals surface area (Å²) in [5.41, 5.74) is 4.28. The van der Waals surface area contributed by atoms with Gasteiger partial charge in [-0.15, -0.1) is 0 Å². The van der Waals surface area contributed by atoms with Crippen LogP contribution in [-0.4, -0.2) is 20.7 Å². The zero-order valence-corrected chi connectivity index (χ0v) is 16.3. The fourth-order valence-corrected chi connectivity index (χ4v) is 3.93. The van der Waals surface area contributed by atoms with Crippen LogP contribution in [0.25, 0.3) is 21.5 Å². The Kier molecular flexibility index (Phi) is 4.75. The van der Waals surface area contributed by atoms with Crippen molar-refractivity contribution >= 4 is 32.6 Å². The van der Waals surface area contributed by atoms with E-state index in [1.807, 2.05) is 56.3 Å². The number of rotatable bonds is 4. The van der Waals surface area contributed by atoms with Crippen molar-refractivity contribution in [3.05, 3.63) is 76.1 Å². The fraction of sp³-hybridized carbons (Fsp3) is 0.143. The lowest BCUT2D eigenvalue weighted by atomic mass is 10.1. The van der Waals surface area contributed by atoms with Crippen LogP contribution in [0.2, 0.25) is 0 Å². The molecule has 0 bridgehead atoms. The Morgan fingerprint density at radius 1 is 1.11 bits per heavy atom. The van der Waals surface area contributed by atoms with E-state index in [-0.39, 0.29) is 18.0 Å². The summed E-state index contributed by atoms with van der Waals surface area (Å²) < 4.78 is 2.18. The highest BCUT2D eigenvalue weighted by Gasteiger charge is 2.12. The van der Waals surface area contributed by atoms with Gasteiger partial charge in [0, 0.05) is 11.6 Å². The molecule has 2 aromatic carbocycles. The van der Waals surface area contributed by atoms with E-state index in [4.69, 9.17) is 0 Å². The van der Waals surface area contributed by atoms with Crippen LogP contribution in [0.4, 0.5) is 5.13 Å². The standard InChI is InChI=1S/C21H18N4O2S/c1-13-7-8-17-18(11-13)28-21(22-17)23-19(26)12-25-20(27)10-9-16(24-25)15-6-4-3-5-14(15)2/h3-11H,12H2,1-2H3,(H,22,23,26). The minimum atomic E-state index is -0.340. The average molecular weight is 390 g/mol. The zero-order chi connectivity index (χ0) is 19.7. The maximum atomic E-state index is 12.4. The van der Waals surface area contributed by atoms with Gasteiger partial charge in [-0.25, -0.2) is 9.67 Å². The first-order valence-electron chi connectivity index (χ1n) is 8.81. The summed E-state index contributed by atoms with van der Waals surface area (Å²) in [6.07, 6.45) is 0. The van der Waals surface area contributed by atoms with Gasteiger partial charge < -0.3 is 5.32 Å². The number of fused-ring (bicyclic) bond motifs is 1. The molecule has 0 aliphatic carbocycles. The molecule has 7 heteroatoms. The number of hydrogen-bond acceptors (Lipinski definition) is 5. The lowest BCUT2D eigenvalue weighted by molar-refractivity contribution is -0.117. The van der Waals surface area contributed by atoms with Crippen LogP contribution in [0.3, 0.4) is 0 Å². The summed E-state index contributed by atoms with van der Waals surface area (Å²) in [5.74, 6) is -0.340. The Bertz CT molecular complexity index is 1240. The second-order valence-corrected chi connectivity index (χ2v) is 7.60. The molecule has 0 spiro atoms. The fourth-order valence-electron chi connectivity index (χ4n) is 2.95. The lowest BCUT2D eigenvalue weighted by Gasteiger charge is -2.08. The number of nitrogens with zero attached hydrogens (tertiary/aromatic N) is 3. The van der Waals surface area contributed by atoms with Gasteiger partial charge in [-0.1, -0.05) is 41.7 Å². The van der Waals surface area contributed by atoms with Crippen LogP contribution in [0.1, 0.15) is 11.1 Å². The summed E-state index contributed by atoms with van der Waals surface area (Å²) in [6, 6.07) is 16.8. The maximum Gasteiger partial charge on any atom is 0.267 e. The molecule has 0 saturated heterocycles. The van der Waals surface area contributed by atoms with E-state index < -0.39 is 0 Å². The smallest absolute Gasteiger partial charge is 0.267 e. The van der Waals surface area contributed by atoms with Crippen LogP contribution >= 0.6 is 11.3 Å². The first-order valence-corrected chi connectivity index (χ1v) is 9.62. The highest BCUT2D eigenvalue weighted by Crippen LogP contribution is 2.26. The number of aromatic nitrogens is 3. The number of carbonyl (C=O) groups excluding carboxylic acids is 1. The highest BCUT2D eigenvalue weighted by atomic mass is 32.1. The van der Waals surface area contributed by atoms with Crippen molar-refractivity contribution in [3.8, 4) is 11.3 Å². The van der Waals surface area contributed by atoms with Crippen molar-refractivity contribution in [2.45, 2.75) is 20.4 Å². The minimum absolute atomic E-state index is 0.173. The number of thiazole rings is 1. The number of nitrogens with one attached hydrogen (secondary N) is 1. The minimum Gasteiger partial charge on any atom is -0.300 e. The maximum absolute atomic E-state index is 12.4. The Labute approximate surface area is 165 Å². The largest absolute Gasteiger partial charge is 0.300 e. The molecule has 0 fully saturated rings. The molecule has 2 aromatic heterocycles. The number of anilines is 1. The van der Waals surface area contributed by atoms with Crippen LogP contribution in [-0.2, 0) is 11.3 Å². The second-order valence-electron chi connectivity index (χ2n) is 6.57. The first-order chi connectivity index (χ1) is 13.5. The Balaban J connectivity index is 1.56.